The van der Waals surface area contributed by atoms with Gasteiger partial charge in [-0.25, -0.2) is 4.68 Å². The van der Waals surface area contributed by atoms with Gasteiger partial charge in [-0.15, -0.1) is 0 Å². The number of nitrogens with one attached hydrogen (secondary N) is 1. The Balaban J connectivity index is 1.35. The van der Waals surface area contributed by atoms with Crippen LogP contribution in [0.15, 0.2) is 73.3 Å². The Morgan fingerprint density at radius 2 is 1.68 bits per heavy atom. The van der Waals surface area contributed by atoms with E-state index in [2.05, 4.69) is 34.3 Å². The quantitative estimate of drug-likeness (QED) is 0.275. The van der Waals surface area contributed by atoms with Crippen molar-refractivity contribution >= 4 is 29.0 Å². The summed E-state index contributed by atoms with van der Waals surface area (Å²) in [6.45, 7) is 8.04. The van der Waals surface area contributed by atoms with Crippen LogP contribution in [0.25, 0.3) is 5.69 Å². The minimum Gasteiger partial charge on any atom is -0.326 e. The van der Waals surface area contributed by atoms with Gasteiger partial charge in [-0.1, -0.05) is 37.6 Å². The van der Waals surface area contributed by atoms with Crippen molar-refractivity contribution in [3.05, 3.63) is 95.0 Å². The largest absolute Gasteiger partial charge is 0.326 e. The smallest absolute Gasteiger partial charge is 0.228 e. The first-order valence-corrected chi connectivity index (χ1v) is 12.8. The molecule has 9 heteroatoms. The minimum atomic E-state index is -0.150. The first-order valence-electron chi connectivity index (χ1n) is 12.4. The third-order valence-corrected chi connectivity index (χ3v) is 6.40. The van der Waals surface area contributed by atoms with Gasteiger partial charge in [0.15, 0.2) is 5.78 Å². The van der Waals surface area contributed by atoms with Crippen LogP contribution in [0, 0.1) is 0 Å². The molecule has 1 N–H and O–H groups in total. The summed E-state index contributed by atoms with van der Waals surface area (Å²) < 4.78 is 3.57. The molecule has 2 heterocycles. The molecule has 37 heavy (non-hydrogen) atoms. The van der Waals surface area contributed by atoms with E-state index in [9.17, 15) is 9.59 Å². The zero-order valence-electron chi connectivity index (χ0n) is 21.1. The lowest BCUT2D eigenvalue weighted by Gasteiger charge is -2.17. The Morgan fingerprint density at radius 3 is 2.43 bits per heavy atom. The molecular formula is C28H31ClN6O2. The van der Waals surface area contributed by atoms with Crippen LogP contribution in [-0.4, -0.2) is 55.8 Å². The standard InChI is InChI=1S/C28H31ClN6O2/c1-3-33(4-2)12-13-34-19-21(17-30-34)14-27(36)23-6-5-7-26(16-23)35-20-22(18-31-35)15-28(37)32-25-10-8-24(29)9-11-25/h5-11,16-20H,3-4,12-15H2,1-2H3,(H,32,37). The number of halogens is 1. The number of ketones is 1. The summed E-state index contributed by atoms with van der Waals surface area (Å²) >= 11 is 5.89. The average molecular weight is 519 g/mol. The fourth-order valence-corrected chi connectivity index (χ4v) is 4.16. The van der Waals surface area contributed by atoms with E-state index in [1.807, 2.05) is 29.1 Å². The Labute approximate surface area is 221 Å². The van der Waals surface area contributed by atoms with E-state index in [4.69, 9.17) is 11.6 Å². The van der Waals surface area contributed by atoms with E-state index in [1.54, 1.807) is 53.6 Å². The molecule has 2 aromatic carbocycles. The Morgan fingerprint density at radius 1 is 0.946 bits per heavy atom. The number of anilines is 1. The number of hydrogen-bond donors (Lipinski definition) is 1. The van der Waals surface area contributed by atoms with E-state index < -0.39 is 0 Å². The van der Waals surface area contributed by atoms with Gasteiger partial charge in [-0.2, -0.15) is 10.2 Å². The second-order valence-corrected chi connectivity index (χ2v) is 9.25. The maximum Gasteiger partial charge on any atom is 0.228 e. The van der Waals surface area contributed by atoms with Crippen molar-refractivity contribution in [1.82, 2.24) is 24.5 Å². The van der Waals surface area contributed by atoms with Crippen LogP contribution in [0.3, 0.4) is 0 Å². The second kappa shape index (κ2) is 12.5. The average Bonchev–Trinajstić information content (AvgIpc) is 3.55. The van der Waals surface area contributed by atoms with Crippen LogP contribution >= 0.6 is 11.6 Å². The summed E-state index contributed by atoms with van der Waals surface area (Å²) in [5, 5.41) is 12.3. The summed E-state index contributed by atoms with van der Waals surface area (Å²) in [5.41, 5.74) is 3.70. The molecule has 0 aliphatic heterocycles. The summed E-state index contributed by atoms with van der Waals surface area (Å²) in [4.78, 5) is 27.7. The van der Waals surface area contributed by atoms with Gasteiger partial charge in [0.25, 0.3) is 0 Å². The van der Waals surface area contributed by atoms with Gasteiger partial charge in [0, 0.05) is 41.6 Å². The van der Waals surface area contributed by atoms with Gasteiger partial charge in [0.05, 0.1) is 31.0 Å². The first-order chi connectivity index (χ1) is 17.9. The van der Waals surface area contributed by atoms with E-state index in [1.165, 1.54) is 0 Å². The molecule has 0 unspecified atom stereocenters. The normalized spacial score (nSPS) is 11.1. The molecule has 2 aromatic heterocycles. The third-order valence-electron chi connectivity index (χ3n) is 6.15. The number of carbonyl (C=O) groups excluding carboxylic acids is 2. The third kappa shape index (κ3) is 7.38. The predicted octanol–water partition coefficient (Wildman–Crippen LogP) is 4.67. The van der Waals surface area contributed by atoms with Crippen LogP contribution in [-0.2, 0) is 24.2 Å². The summed E-state index contributed by atoms with van der Waals surface area (Å²) in [6.07, 6.45) is 7.62. The van der Waals surface area contributed by atoms with Gasteiger partial charge < -0.3 is 10.2 Å². The number of nitrogens with zero attached hydrogens (tertiary/aromatic N) is 5. The molecule has 0 spiro atoms. The number of benzene rings is 2. The number of aromatic nitrogens is 4. The number of Topliss-reactive ketones (excluding diaryl/α,β-unsaturated/α-hetero) is 1. The summed E-state index contributed by atoms with van der Waals surface area (Å²) in [5.74, 6) is -0.136. The van der Waals surface area contributed by atoms with E-state index in [0.29, 0.717) is 16.3 Å². The highest BCUT2D eigenvalue weighted by molar-refractivity contribution is 6.30. The molecule has 1 amide bonds. The molecule has 0 aliphatic carbocycles. The second-order valence-electron chi connectivity index (χ2n) is 8.81. The number of carbonyl (C=O) groups is 2. The topological polar surface area (TPSA) is 85.0 Å². The number of amides is 1. The van der Waals surface area contributed by atoms with E-state index in [0.717, 1.165) is 43.0 Å². The van der Waals surface area contributed by atoms with Crippen LogP contribution in [0.2, 0.25) is 5.02 Å². The van der Waals surface area contributed by atoms with Gasteiger partial charge in [0.2, 0.25) is 5.91 Å². The van der Waals surface area contributed by atoms with Crippen LogP contribution in [0.4, 0.5) is 5.69 Å². The molecule has 8 nitrogen and oxygen atoms in total. The lowest BCUT2D eigenvalue weighted by molar-refractivity contribution is -0.115. The van der Waals surface area contributed by atoms with Crippen molar-refractivity contribution in [1.29, 1.82) is 0 Å². The van der Waals surface area contributed by atoms with Crippen molar-refractivity contribution in [3.8, 4) is 5.69 Å². The van der Waals surface area contributed by atoms with Gasteiger partial charge >= 0.3 is 0 Å². The number of hydrogen-bond acceptors (Lipinski definition) is 5. The molecule has 0 fully saturated rings. The van der Waals surface area contributed by atoms with Crippen LogP contribution in [0.5, 0.6) is 0 Å². The Hall–Kier alpha value is -3.75. The molecule has 0 saturated heterocycles. The van der Waals surface area contributed by atoms with Crippen molar-refractivity contribution in [2.75, 3.05) is 25.0 Å². The predicted molar refractivity (Wildman–Crippen MR) is 145 cm³/mol. The first kappa shape index (κ1) is 26.3. The maximum atomic E-state index is 13.0. The molecular weight excluding hydrogens is 488 g/mol. The van der Waals surface area contributed by atoms with Crippen molar-refractivity contribution in [2.45, 2.75) is 33.2 Å². The highest BCUT2D eigenvalue weighted by atomic mass is 35.5. The fourth-order valence-electron chi connectivity index (χ4n) is 4.03. The SMILES string of the molecule is CCN(CC)CCn1cc(CC(=O)c2cccc(-n3cc(CC(=O)Nc4ccc(Cl)cc4)cn3)c2)cn1. The maximum absolute atomic E-state index is 13.0. The lowest BCUT2D eigenvalue weighted by atomic mass is 10.0. The highest BCUT2D eigenvalue weighted by Crippen LogP contribution is 2.16. The van der Waals surface area contributed by atoms with Crippen molar-refractivity contribution < 1.29 is 9.59 Å². The number of likely N-dealkylation sites (N-methyl/N-ethyl adjacent to an activating group) is 1. The highest BCUT2D eigenvalue weighted by Gasteiger charge is 2.12. The Bertz CT molecular complexity index is 1340. The minimum absolute atomic E-state index is 0.0138. The van der Waals surface area contributed by atoms with Gasteiger partial charge in [-0.05, 0) is 60.6 Å². The fraction of sp³-hybridized carbons (Fsp3) is 0.286. The lowest BCUT2D eigenvalue weighted by Crippen LogP contribution is -2.27. The molecule has 0 radical (unpaired) electrons. The van der Waals surface area contributed by atoms with E-state index >= 15 is 0 Å². The summed E-state index contributed by atoms with van der Waals surface area (Å²) in [7, 11) is 0. The Kier molecular flexibility index (Phi) is 8.87. The van der Waals surface area contributed by atoms with Crippen LogP contribution < -0.4 is 5.32 Å². The van der Waals surface area contributed by atoms with Crippen LogP contribution in [0.1, 0.15) is 35.3 Å². The monoisotopic (exact) mass is 518 g/mol. The molecule has 0 bridgehead atoms. The molecule has 0 atom stereocenters. The molecule has 0 aliphatic rings. The number of rotatable bonds is 12. The van der Waals surface area contributed by atoms with Gasteiger partial charge in [-0.3, -0.25) is 14.3 Å². The molecule has 4 aromatic rings. The van der Waals surface area contributed by atoms with Crippen molar-refractivity contribution in [3.63, 3.8) is 0 Å². The zero-order valence-corrected chi connectivity index (χ0v) is 21.9. The van der Waals surface area contributed by atoms with Gasteiger partial charge in [0.1, 0.15) is 0 Å². The molecule has 4 rings (SSSR count). The molecule has 0 saturated carbocycles. The summed E-state index contributed by atoms with van der Waals surface area (Å²) in [6, 6.07) is 14.3. The molecule has 192 valence electrons. The zero-order chi connectivity index (χ0) is 26.2. The van der Waals surface area contributed by atoms with E-state index in [-0.39, 0.29) is 24.5 Å². The van der Waals surface area contributed by atoms with Crippen molar-refractivity contribution in [2.24, 2.45) is 0 Å².